The van der Waals surface area contributed by atoms with Gasteiger partial charge in [-0.1, -0.05) is 12.1 Å². The molecule has 0 saturated carbocycles. The Balaban J connectivity index is 1.85. The molecule has 0 aliphatic rings. The largest absolute Gasteiger partial charge is 0.386 e. The lowest BCUT2D eigenvalue weighted by Crippen LogP contribution is -2.20. The molecule has 0 unspecified atom stereocenters. The summed E-state index contributed by atoms with van der Waals surface area (Å²) in [6, 6.07) is 10.0. The number of hydrogen-bond donors (Lipinski definition) is 3. The Bertz CT molecular complexity index is 1080. The fourth-order valence-corrected chi connectivity index (χ4v) is 3.71. The van der Waals surface area contributed by atoms with Crippen LogP contribution in [0.5, 0.6) is 0 Å². The molecule has 7 nitrogen and oxygen atoms in total. The Hall–Kier alpha value is -2.85. The van der Waals surface area contributed by atoms with Gasteiger partial charge in [-0.15, -0.1) is 0 Å². The van der Waals surface area contributed by atoms with Crippen molar-refractivity contribution in [3.8, 4) is 0 Å². The van der Waals surface area contributed by atoms with E-state index in [0.717, 1.165) is 6.54 Å². The molecular formula is C24H29FN4O3S. The zero-order valence-corrected chi connectivity index (χ0v) is 20.0. The van der Waals surface area contributed by atoms with E-state index in [2.05, 4.69) is 15.6 Å². The molecule has 3 rings (SSSR count). The van der Waals surface area contributed by atoms with Crippen LogP contribution in [0.1, 0.15) is 35.5 Å². The molecule has 1 aromatic carbocycles. The van der Waals surface area contributed by atoms with Crippen LogP contribution in [-0.4, -0.2) is 48.1 Å². The van der Waals surface area contributed by atoms with Crippen molar-refractivity contribution in [2.24, 2.45) is 0 Å². The van der Waals surface area contributed by atoms with Crippen LogP contribution in [-0.2, 0) is 16.9 Å². The number of nitrogens with zero attached hydrogens (tertiary/aromatic N) is 2. The lowest BCUT2D eigenvalue weighted by Gasteiger charge is -2.24. The molecule has 0 aliphatic carbocycles. The normalized spacial score (nSPS) is 11.6. The van der Waals surface area contributed by atoms with Crippen molar-refractivity contribution in [3.05, 3.63) is 69.8 Å². The second-order valence-electron chi connectivity index (χ2n) is 8.37. The number of anilines is 3. The number of pyridine rings is 1. The highest BCUT2D eigenvalue weighted by Crippen LogP contribution is 2.35. The molecule has 3 aromatic rings. The third-order valence-electron chi connectivity index (χ3n) is 4.83. The number of thiophene rings is 1. The van der Waals surface area contributed by atoms with E-state index >= 15 is 4.39 Å². The smallest absolute Gasteiger partial charge is 0.256 e. The highest BCUT2D eigenvalue weighted by atomic mass is 32.1. The van der Waals surface area contributed by atoms with E-state index in [1.165, 1.54) is 17.4 Å². The predicted octanol–water partition coefficient (Wildman–Crippen LogP) is 4.58. The second kappa shape index (κ2) is 10.8. The van der Waals surface area contributed by atoms with Gasteiger partial charge in [0.15, 0.2) is 5.82 Å². The predicted molar refractivity (Wildman–Crippen MR) is 130 cm³/mol. The van der Waals surface area contributed by atoms with Crippen molar-refractivity contribution < 1.29 is 19.0 Å². The Morgan fingerprint density at radius 3 is 2.70 bits per heavy atom. The van der Waals surface area contributed by atoms with Gasteiger partial charge in [0, 0.05) is 17.5 Å². The third-order valence-corrected chi connectivity index (χ3v) is 5.51. The molecular weight excluding hydrogens is 443 g/mol. The molecule has 0 radical (unpaired) electrons. The summed E-state index contributed by atoms with van der Waals surface area (Å²) in [5.41, 5.74) is 0.193. The highest BCUT2D eigenvalue weighted by molar-refractivity contribution is 7.08. The fraction of sp³-hybridized carbons (Fsp3) is 0.333. The van der Waals surface area contributed by atoms with E-state index in [4.69, 9.17) is 4.74 Å². The zero-order chi connectivity index (χ0) is 24.0. The number of benzene rings is 1. The van der Waals surface area contributed by atoms with Crippen molar-refractivity contribution in [2.45, 2.75) is 26.1 Å². The Morgan fingerprint density at radius 1 is 1.24 bits per heavy atom. The minimum Gasteiger partial charge on any atom is -0.386 e. The maximum atomic E-state index is 15.5. The van der Waals surface area contributed by atoms with Gasteiger partial charge in [-0.25, -0.2) is 9.37 Å². The number of likely N-dealkylation sites (N-methyl/N-ethyl adjacent to an activating group) is 1. The third kappa shape index (κ3) is 6.82. The van der Waals surface area contributed by atoms with Crippen molar-refractivity contribution in [2.75, 3.05) is 37.9 Å². The van der Waals surface area contributed by atoms with Gasteiger partial charge >= 0.3 is 0 Å². The number of carbonyl (C=O) groups excluding carboxylic acids is 1. The fourth-order valence-electron chi connectivity index (χ4n) is 3.07. The van der Waals surface area contributed by atoms with E-state index in [1.54, 1.807) is 48.9 Å². The molecule has 0 saturated heterocycles. The number of carbonyl (C=O) groups is 1. The van der Waals surface area contributed by atoms with Gasteiger partial charge in [-0.3, -0.25) is 4.79 Å². The molecule has 3 N–H and O–H groups in total. The van der Waals surface area contributed by atoms with Crippen LogP contribution in [0.25, 0.3) is 0 Å². The molecule has 0 atom stereocenters. The number of rotatable bonds is 10. The number of ether oxygens (including phenoxy) is 1. The molecule has 33 heavy (non-hydrogen) atoms. The monoisotopic (exact) mass is 472 g/mol. The van der Waals surface area contributed by atoms with E-state index in [0.29, 0.717) is 35.9 Å². The van der Waals surface area contributed by atoms with Gasteiger partial charge in [0.25, 0.3) is 5.91 Å². The van der Waals surface area contributed by atoms with Gasteiger partial charge in [0.05, 0.1) is 41.4 Å². The first-order valence-electron chi connectivity index (χ1n) is 10.5. The first-order chi connectivity index (χ1) is 15.6. The van der Waals surface area contributed by atoms with Crippen LogP contribution in [0.2, 0.25) is 0 Å². The van der Waals surface area contributed by atoms with Gasteiger partial charge in [0.2, 0.25) is 0 Å². The molecule has 0 bridgehead atoms. The Morgan fingerprint density at radius 2 is 2.03 bits per heavy atom. The first kappa shape index (κ1) is 24.8. The van der Waals surface area contributed by atoms with Crippen molar-refractivity contribution in [1.82, 2.24) is 9.88 Å². The van der Waals surface area contributed by atoms with E-state index in [9.17, 15) is 9.90 Å². The lowest BCUT2D eigenvalue weighted by atomic mass is 9.95. The number of nitrogens with one attached hydrogen (secondary N) is 2. The summed E-state index contributed by atoms with van der Waals surface area (Å²) in [4.78, 5) is 18.9. The molecule has 176 valence electrons. The van der Waals surface area contributed by atoms with Gasteiger partial charge in [-0.2, -0.15) is 11.3 Å². The number of aromatic nitrogens is 1. The van der Waals surface area contributed by atoms with E-state index in [1.807, 2.05) is 25.1 Å². The average molecular weight is 473 g/mol. The molecule has 9 heteroatoms. The summed E-state index contributed by atoms with van der Waals surface area (Å²) in [5, 5.41) is 19.6. The Labute approximate surface area is 197 Å². The summed E-state index contributed by atoms with van der Waals surface area (Å²) in [5.74, 6) is -0.700. The minimum atomic E-state index is -1.33. The van der Waals surface area contributed by atoms with Gasteiger partial charge < -0.3 is 25.4 Å². The van der Waals surface area contributed by atoms with Crippen molar-refractivity contribution >= 4 is 34.4 Å². The molecule has 1 amide bonds. The number of aliphatic hydroxyl groups is 1. The average Bonchev–Trinajstić information content (AvgIpc) is 3.28. The topological polar surface area (TPSA) is 86.7 Å². The second-order valence-corrected chi connectivity index (χ2v) is 9.15. The molecule has 0 aliphatic heterocycles. The van der Waals surface area contributed by atoms with Crippen LogP contribution in [0.15, 0.2) is 47.2 Å². The molecule has 0 spiro atoms. The summed E-state index contributed by atoms with van der Waals surface area (Å²) >= 11 is 1.38. The van der Waals surface area contributed by atoms with Crippen LogP contribution in [0, 0.1) is 5.82 Å². The maximum Gasteiger partial charge on any atom is 0.256 e. The molecule has 2 heterocycles. The summed E-state index contributed by atoms with van der Waals surface area (Å²) in [7, 11) is 3.94. The van der Waals surface area contributed by atoms with E-state index < -0.39 is 17.3 Å². The maximum absolute atomic E-state index is 15.5. The quantitative estimate of drug-likeness (QED) is 0.375. The standard InChI is InChI=1S/C24H29FN4O3S/c1-24(2,31)18-8-9-19(27-23(30)16-10-13-33-15-16)21(25)22(18)28-20-7-5-6-17(26-20)14-32-12-11-29(3)4/h5-10,13,15,31H,11-12,14H2,1-4H3,(H,26,28)(H,27,30). The van der Waals surface area contributed by atoms with Crippen molar-refractivity contribution in [3.63, 3.8) is 0 Å². The Kier molecular flexibility index (Phi) is 8.15. The molecule has 0 fully saturated rings. The van der Waals surface area contributed by atoms with Gasteiger partial charge in [-0.05, 0) is 57.6 Å². The summed E-state index contributed by atoms with van der Waals surface area (Å²) in [6.07, 6.45) is 0. The lowest BCUT2D eigenvalue weighted by molar-refractivity contribution is 0.0791. The van der Waals surface area contributed by atoms with Gasteiger partial charge in [0.1, 0.15) is 5.82 Å². The highest BCUT2D eigenvalue weighted by Gasteiger charge is 2.25. The zero-order valence-electron chi connectivity index (χ0n) is 19.2. The van der Waals surface area contributed by atoms with Crippen LogP contribution in [0.4, 0.5) is 21.6 Å². The van der Waals surface area contributed by atoms with Crippen LogP contribution >= 0.6 is 11.3 Å². The van der Waals surface area contributed by atoms with Crippen LogP contribution in [0.3, 0.4) is 0 Å². The summed E-state index contributed by atoms with van der Waals surface area (Å²) in [6.45, 7) is 4.82. The van der Waals surface area contributed by atoms with Crippen molar-refractivity contribution in [1.29, 1.82) is 0 Å². The molecule has 2 aromatic heterocycles. The number of amides is 1. The van der Waals surface area contributed by atoms with Crippen LogP contribution < -0.4 is 10.6 Å². The number of halogens is 1. The SMILES string of the molecule is CN(C)CCOCc1cccc(Nc2c(C(C)(C)O)ccc(NC(=O)c3ccsc3)c2F)n1. The summed E-state index contributed by atoms with van der Waals surface area (Å²) < 4.78 is 21.2. The van der Waals surface area contributed by atoms with E-state index in [-0.39, 0.29) is 11.4 Å². The first-order valence-corrected chi connectivity index (χ1v) is 11.4. The number of hydrogen-bond acceptors (Lipinski definition) is 7. The minimum absolute atomic E-state index is 0.00451.